The van der Waals surface area contributed by atoms with E-state index >= 15 is 0 Å². The van der Waals surface area contributed by atoms with Crippen LogP contribution in [0.1, 0.15) is 29.5 Å². The average Bonchev–Trinajstić information content (AvgIpc) is 3.35. The van der Waals surface area contributed by atoms with Gasteiger partial charge in [-0.2, -0.15) is 0 Å². The number of carbonyl (C=O) groups is 2. The molecule has 3 aromatic rings. The van der Waals surface area contributed by atoms with Crippen molar-refractivity contribution in [1.29, 1.82) is 0 Å². The van der Waals surface area contributed by atoms with E-state index in [1.807, 2.05) is 37.3 Å². The van der Waals surface area contributed by atoms with Crippen molar-refractivity contribution in [3.63, 3.8) is 0 Å². The molecular formula is C24H19ClN2O4S. The number of furan rings is 1. The Morgan fingerprint density at radius 2 is 1.97 bits per heavy atom. The summed E-state index contributed by atoms with van der Waals surface area (Å²) < 4.78 is 5.87. The van der Waals surface area contributed by atoms with Gasteiger partial charge in [0.2, 0.25) is 0 Å². The van der Waals surface area contributed by atoms with Gasteiger partial charge in [-0.1, -0.05) is 36.7 Å². The van der Waals surface area contributed by atoms with Crippen LogP contribution in [0.2, 0.25) is 5.02 Å². The normalized spacial score (nSPS) is 16.3. The Bertz CT molecular complexity index is 1230. The molecule has 1 aliphatic heterocycles. The van der Waals surface area contributed by atoms with Gasteiger partial charge in [-0.25, -0.2) is 9.79 Å². The topological polar surface area (TPSA) is 83.1 Å². The molecule has 4 rings (SSSR count). The number of carboxylic acid groups (broad SMARTS) is 1. The number of thioether (sulfide) groups is 1. The number of amides is 1. The first kappa shape index (κ1) is 21.9. The van der Waals surface area contributed by atoms with Crippen LogP contribution < -0.4 is 0 Å². The zero-order valence-electron chi connectivity index (χ0n) is 17.1. The Hall–Kier alpha value is -3.29. The van der Waals surface area contributed by atoms with Crippen molar-refractivity contribution in [3.8, 4) is 11.3 Å². The lowest BCUT2D eigenvalue weighted by Crippen LogP contribution is -2.29. The lowest BCUT2D eigenvalue weighted by atomic mass is 10.1. The first-order valence-electron chi connectivity index (χ1n) is 9.94. The molecule has 6 nitrogen and oxygen atoms in total. The summed E-state index contributed by atoms with van der Waals surface area (Å²) in [6, 6.07) is 17.6. The number of nitrogens with zero attached hydrogens (tertiary/aromatic N) is 2. The number of para-hydroxylation sites is 1. The van der Waals surface area contributed by atoms with Gasteiger partial charge >= 0.3 is 5.97 Å². The van der Waals surface area contributed by atoms with Gasteiger partial charge in [-0.05, 0) is 60.6 Å². The first-order chi connectivity index (χ1) is 15.5. The third-order valence-electron chi connectivity index (χ3n) is 4.70. The molecule has 162 valence electrons. The van der Waals surface area contributed by atoms with Gasteiger partial charge in [0.15, 0.2) is 5.17 Å². The molecule has 0 aliphatic carbocycles. The summed E-state index contributed by atoms with van der Waals surface area (Å²) in [5.74, 6) is -0.265. The third-order valence-corrected chi connectivity index (χ3v) is 6.03. The molecule has 1 N–H and O–H groups in total. The van der Waals surface area contributed by atoms with Gasteiger partial charge < -0.3 is 9.52 Å². The van der Waals surface area contributed by atoms with Gasteiger partial charge in [0, 0.05) is 18.2 Å². The summed E-state index contributed by atoms with van der Waals surface area (Å²) >= 11 is 7.25. The number of carbonyl (C=O) groups excluding carboxylic acids is 1. The molecule has 0 radical (unpaired) electrons. The number of benzene rings is 2. The van der Waals surface area contributed by atoms with Crippen molar-refractivity contribution in [1.82, 2.24) is 4.90 Å². The smallest absolute Gasteiger partial charge is 0.337 e. The fourth-order valence-corrected chi connectivity index (χ4v) is 4.39. The van der Waals surface area contributed by atoms with Crippen LogP contribution in [0.4, 0.5) is 5.69 Å². The van der Waals surface area contributed by atoms with Crippen molar-refractivity contribution >= 4 is 52.2 Å². The van der Waals surface area contributed by atoms with E-state index in [0.717, 1.165) is 12.1 Å². The molecule has 0 bridgehead atoms. The third kappa shape index (κ3) is 4.64. The van der Waals surface area contributed by atoms with E-state index in [4.69, 9.17) is 16.0 Å². The van der Waals surface area contributed by atoms with Gasteiger partial charge in [0.1, 0.15) is 11.5 Å². The molecule has 2 heterocycles. The zero-order valence-corrected chi connectivity index (χ0v) is 18.7. The quantitative estimate of drug-likeness (QED) is 0.430. The van der Waals surface area contributed by atoms with Crippen LogP contribution in [0, 0.1) is 0 Å². The molecule has 1 fully saturated rings. The molecule has 1 aliphatic rings. The highest BCUT2D eigenvalue weighted by Gasteiger charge is 2.33. The van der Waals surface area contributed by atoms with Crippen LogP contribution in [0.25, 0.3) is 17.4 Å². The summed E-state index contributed by atoms with van der Waals surface area (Å²) in [4.78, 5) is 31.1. The van der Waals surface area contributed by atoms with Crippen molar-refractivity contribution in [2.24, 2.45) is 4.99 Å². The Morgan fingerprint density at radius 1 is 1.19 bits per heavy atom. The highest BCUT2D eigenvalue weighted by molar-refractivity contribution is 8.18. The maximum absolute atomic E-state index is 13.0. The standard InChI is InChI=1S/C24H19ClN2O4S/c1-2-12-27-22(28)21(32-24(27)26-16-6-4-3-5-7-16)14-17-9-11-20(31-17)15-8-10-19(25)18(13-15)23(29)30/h3-11,13-14H,2,12H2,1H3,(H,29,30). The summed E-state index contributed by atoms with van der Waals surface area (Å²) in [5.41, 5.74) is 1.36. The summed E-state index contributed by atoms with van der Waals surface area (Å²) in [7, 11) is 0. The largest absolute Gasteiger partial charge is 0.478 e. The van der Waals surface area contributed by atoms with Crippen LogP contribution in [-0.4, -0.2) is 33.6 Å². The van der Waals surface area contributed by atoms with Crippen molar-refractivity contribution in [2.45, 2.75) is 13.3 Å². The van der Waals surface area contributed by atoms with Crippen molar-refractivity contribution < 1.29 is 19.1 Å². The maximum atomic E-state index is 13.0. The van der Waals surface area contributed by atoms with E-state index in [9.17, 15) is 14.7 Å². The fraction of sp³-hybridized carbons (Fsp3) is 0.125. The number of aliphatic imine (C=N–C) groups is 1. The van der Waals surface area contributed by atoms with E-state index in [1.165, 1.54) is 23.9 Å². The average molecular weight is 467 g/mol. The summed E-state index contributed by atoms with van der Waals surface area (Å²) in [6.45, 7) is 2.58. The Kier molecular flexibility index (Phi) is 6.48. The van der Waals surface area contributed by atoms with Gasteiger partial charge in [0.25, 0.3) is 5.91 Å². The van der Waals surface area contributed by atoms with Crippen LogP contribution in [-0.2, 0) is 4.79 Å². The van der Waals surface area contributed by atoms with Crippen LogP contribution in [0.15, 0.2) is 75.0 Å². The second-order valence-electron chi connectivity index (χ2n) is 7.00. The van der Waals surface area contributed by atoms with Crippen molar-refractivity contribution in [3.05, 3.63) is 81.9 Å². The van der Waals surface area contributed by atoms with Gasteiger partial charge in [-0.15, -0.1) is 0 Å². The van der Waals surface area contributed by atoms with E-state index in [1.54, 1.807) is 29.2 Å². The predicted octanol–water partition coefficient (Wildman–Crippen LogP) is 6.31. The minimum absolute atomic E-state index is 0.000953. The molecule has 1 aromatic heterocycles. The molecule has 0 atom stereocenters. The molecular weight excluding hydrogens is 448 g/mol. The van der Waals surface area contributed by atoms with Gasteiger partial charge in [-0.3, -0.25) is 9.69 Å². The molecule has 8 heteroatoms. The Morgan fingerprint density at radius 3 is 2.69 bits per heavy atom. The molecule has 0 spiro atoms. The fourth-order valence-electron chi connectivity index (χ4n) is 3.18. The molecule has 2 aromatic carbocycles. The molecule has 1 amide bonds. The summed E-state index contributed by atoms with van der Waals surface area (Å²) in [5, 5.41) is 10.1. The predicted molar refractivity (Wildman–Crippen MR) is 127 cm³/mol. The molecule has 32 heavy (non-hydrogen) atoms. The lowest BCUT2D eigenvalue weighted by Gasteiger charge is -2.13. The van der Waals surface area contributed by atoms with Crippen molar-refractivity contribution in [2.75, 3.05) is 6.54 Å². The number of aromatic carboxylic acids is 1. The first-order valence-corrected chi connectivity index (χ1v) is 11.1. The highest BCUT2D eigenvalue weighted by atomic mass is 35.5. The SMILES string of the molecule is CCCN1C(=O)C(=Cc2ccc(-c3ccc(Cl)c(C(=O)O)c3)o2)SC1=Nc1ccccc1. The highest BCUT2D eigenvalue weighted by Crippen LogP contribution is 2.35. The number of amidine groups is 1. The minimum atomic E-state index is -1.11. The molecule has 1 saturated heterocycles. The monoisotopic (exact) mass is 466 g/mol. The number of rotatable bonds is 6. The minimum Gasteiger partial charge on any atom is -0.478 e. The number of hydrogen-bond acceptors (Lipinski definition) is 5. The Balaban J connectivity index is 1.62. The number of halogens is 1. The van der Waals surface area contributed by atoms with E-state index in [-0.39, 0.29) is 16.5 Å². The Labute approximate surface area is 194 Å². The second-order valence-corrected chi connectivity index (χ2v) is 8.42. The zero-order chi connectivity index (χ0) is 22.7. The van der Waals surface area contributed by atoms with Crippen LogP contribution in [0.3, 0.4) is 0 Å². The van der Waals surface area contributed by atoms with E-state index in [2.05, 4.69) is 4.99 Å². The maximum Gasteiger partial charge on any atom is 0.337 e. The van der Waals surface area contributed by atoms with E-state index < -0.39 is 5.97 Å². The van der Waals surface area contributed by atoms with Gasteiger partial charge in [0.05, 0.1) is 21.2 Å². The van der Waals surface area contributed by atoms with E-state index in [0.29, 0.717) is 33.7 Å². The van der Waals surface area contributed by atoms with Crippen LogP contribution in [0.5, 0.6) is 0 Å². The lowest BCUT2D eigenvalue weighted by molar-refractivity contribution is -0.122. The van der Waals surface area contributed by atoms with Crippen LogP contribution >= 0.6 is 23.4 Å². The molecule has 0 unspecified atom stereocenters. The summed E-state index contributed by atoms with van der Waals surface area (Å²) in [6.07, 6.45) is 2.49. The number of carboxylic acids is 1. The number of hydrogen-bond donors (Lipinski definition) is 1. The molecule has 0 saturated carbocycles. The second kappa shape index (κ2) is 9.46.